The van der Waals surface area contributed by atoms with Crippen molar-refractivity contribution in [3.05, 3.63) is 70.2 Å². The third kappa shape index (κ3) is 4.86. The SMILES string of the molecule is Cc1ccc(S(=O)(=O)N2CCN(C(=O)/C=C/c3ccc(Br)cc3)CC2)cc1. The van der Waals surface area contributed by atoms with E-state index in [2.05, 4.69) is 15.9 Å². The molecule has 27 heavy (non-hydrogen) atoms. The smallest absolute Gasteiger partial charge is 0.246 e. The molecule has 1 amide bonds. The maximum Gasteiger partial charge on any atom is 0.246 e. The summed E-state index contributed by atoms with van der Waals surface area (Å²) in [7, 11) is -3.51. The number of carbonyl (C=O) groups excluding carboxylic acids is 1. The zero-order valence-corrected chi connectivity index (χ0v) is 17.4. The molecule has 5 nitrogen and oxygen atoms in total. The van der Waals surface area contributed by atoms with E-state index in [1.54, 1.807) is 35.2 Å². The third-order valence-electron chi connectivity index (χ3n) is 4.50. The van der Waals surface area contributed by atoms with Crippen molar-refractivity contribution in [2.75, 3.05) is 26.2 Å². The zero-order chi connectivity index (χ0) is 19.4. The van der Waals surface area contributed by atoms with Crippen molar-refractivity contribution in [1.29, 1.82) is 0 Å². The van der Waals surface area contributed by atoms with E-state index in [1.165, 1.54) is 10.4 Å². The van der Waals surface area contributed by atoms with Gasteiger partial charge in [-0.3, -0.25) is 4.79 Å². The van der Waals surface area contributed by atoms with Crippen LogP contribution in [0.1, 0.15) is 11.1 Å². The van der Waals surface area contributed by atoms with Crippen LogP contribution in [0, 0.1) is 6.92 Å². The van der Waals surface area contributed by atoms with Gasteiger partial charge in [-0.1, -0.05) is 45.8 Å². The molecule has 3 rings (SSSR count). The quantitative estimate of drug-likeness (QED) is 0.674. The zero-order valence-electron chi connectivity index (χ0n) is 15.0. The van der Waals surface area contributed by atoms with Crippen molar-refractivity contribution in [3.8, 4) is 0 Å². The maximum absolute atomic E-state index is 12.7. The molecule has 2 aromatic carbocycles. The number of amides is 1. The van der Waals surface area contributed by atoms with Gasteiger partial charge in [-0.2, -0.15) is 4.31 Å². The molecule has 1 heterocycles. The van der Waals surface area contributed by atoms with Crippen molar-refractivity contribution in [1.82, 2.24) is 9.21 Å². The molecule has 0 radical (unpaired) electrons. The summed E-state index contributed by atoms with van der Waals surface area (Å²) < 4.78 is 27.9. The first-order chi connectivity index (χ1) is 12.9. The molecule has 142 valence electrons. The molecule has 7 heteroatoms. The van der Waals surface area contributed by atoms with Crippen LogP contribution >= 0.6 is 15.9 Å². The molecular weight excluding hydrogens is 428 g/mol. The standard InChI is InChI=1S/C20H21BrN2O3S/c1-16-2-9-19(10-3-16)27(25,26)23-14-12-22(13-15-23)20(24)11-6-17-4-7-18(21)8-5-17/h2-11H,12-15H2,1H3/b11-6+. The first kappa shape index (κ1) is 19.8. The van der Waals surface area contributed by atoms with Crippen LogP contribution in [0.2, 0.25) is 0 Å². The Labute approximate surface area is 168 Å². The summed E-state index contributed by atoms with van der Waals surface area (Å²) in [5, 5.41) is 0. The fourth-order valence-corrected chi connectivity index (χ4v) is 4.54. The Kier molecular flexibility index (Phi) is 6.14. The molecule has 0 saturated carbocycles. The van der Waals surface area contributed by atoms with E-state index in [0.29, 0.717) is 31.1 Å². The van der Waals surface area contributed by atoms with Crippen LogP contribution in [-0.4, -0.2) is 49.7 Å². The second-order valence-corrected chi connectivity index (χ2v) is 9.28. The minimum atomic E-state index is -3.51. The predicted molar refractivity (Wildman–Crippen MR) is 110 cm³/mol. The average molecular weight is 449 g/mol. The summed E-state index contributed by atoms with van der Waals surface area (Å²) in [5.41, 5.74) is 1.95. The fraction of sp³-hybridized carbons (Fsp3) is 0.250. The van der Waals surface area contributed by atoms with Gasteiger partial charge in [0, 0.05) is 36.7 Å². The number of rotatable bonds is 4. The van der Waals surface area contributed by atoms with E-state index in [1.807, 2.05) is 31.2 Å². The summed E-state index contributed by atoms with van der Waals surface area (Å²) in [6.07, 6.45) is 3.30. The Morgan fingerprint density at radius 2 is 1.56 bits per heavy atom. The molecule has 2 aromatic rings. The van der Waals surface area contributed by atoms with Crippen molar-refractivity contribution >= 4 is 37.9 Å². The third-order valence-corrected chi connectivity index (χ3v) is 6.94. The first-order valence-corrected chi connectivity index (χ1v) is 10.9. The molecule has 0 aliphatic carbocycles. The number of piperazine rings is 1. The van der Waals surface area contributed by atoms with Crippen molar-refractivity contribution in [2.24, 2.45) is 0 Å². The Balaban J connectivity index is 1.60. The molecule has 1 fully saturated rings. The molecule has 1 aliphatic heterocycles. The van der Waals surface area contributed by atoms with Gasteiger partial charge < -0.3 is 4.90 Å². The van der Waals surface area contributed by atoms with Crippen LogP contribution in [0.3, 0.4) is 0 Å². The molecule has 0 atom stereocenters. The molecule has 0 N–H and O–H groups in total. The van der Waals surface area contributed by atoms with Crippen LogP contribution < -0.4 is 0 Å². The van der Waals surface area contributed by atoms with E-state index >= 15 is 0 Å². The molecule has 0 bridgehead atoms. The second kappa shape index (κ2) is 8.37. The van der Waals surface area contributed by atoms with Crippen LogP contribution in [0.5, 0.6) is 0 Å². The lowest BCUT2D eigenvalue weighted by atomic mass is 10.2. The minimum absolute atomic E-state index is 0.106. The van der Waals surface area contributed by atoms with Gasteiger partial charge in [-0.15, -0.1) is 0 Å². The monoisotopic (exact) mass is 448 g/mol. The van der Waals surface area contributed by atoms with Gasteiger partial charge in [-0.25, -0.2) is 8.42 Å². The molecule has 0 aromatic heterocycles. The highest BCUT2D eigenvalue weighted by Crippen LogP contribution is 2.18. The van der Waals surface area contributed by atoms with Crippen LogP contribution in [0.15, 0.2) is 64.0 Å². The van der Waals surface area contributed by atoms with Gasteiger partial charge in [-0.05, 0) is 42.8 Å². The number of halogens is 1. The summed E-state index contributed by atoms with van der Waals surface area (Å²) in [4.78, 5) is 14.3. The molecule has 0 spiro atoms. The summed E-state index contributed by atoms with van der Waals surface area (Å²) in [6, 6.07) is 14.5. The van der Waals surface area contributed by atoms with Gasteiger partial charge in [0.05, 0.1) is 4.90 Å². The van der Waals surface area contributed by atoms with Crippen molar-refractivity contribution in [3.63, 3.8) is 0 Å². The lowest BCUT2D eigenvalue weighted by Gasteiger charge is -2.33. The van der Waals surface area contributed by atoms with Crippen molar-refractivity contribution in [2.45, 2.75) is 11.8 Å². The van der Waals surface area contributed by atoms with E-state index in [0.717, 1.165) is 15.6 Å². The second-order valence-electron chi connectivity index (χ2n) is 6.43. The normalized spacial score (nSPS) is 16.0. The van der Waals surface area contributed by atoms with E-state index in [4.69, 9.17) is 0 Å². The number of carbonyl (C=O) groups is 1. The maximum atomic E-state index is 12.7. The highest BCUT2D eigenvalue weighted by molar-refractivity contribution is 9.10. The average Bonchev–Trinajstić information content (AvgIpc) is 2.68. The van der Waals surface area contributed by atoms with Gasteiger partial charge in [0.1, 0.15) is 0 Å². The molecule has 0 unspecified atom stereocenters. The largest absolute Gasteiger partial charge is 0.337 e. The van der Waals surface area contributed by atoms with Crippen LogP contribution in [-0.2, 0) is 14.8 Å². The molecule has 1 saturated heterocycles. The number of benzene rings is 2. The number of aryl methyl sites for hydroxylation is 1. The summed E-state index contributed by atoms with van der Waals surface area (Å²) in [5.74, 6) is -0.106. The Hall–Kier alpha value is -1.96. The number of hydrogen-bond donors (Lipinski definition) is 0. The van der Waals surface area contributed by atoms with Crippen LogP contribution in [0.25, 0.3) is 6.08 Å². The Morgan fingerprint density at radius 1 is 0.963 bits per heavy atom. The number of sulfonamides is 1. The number of hydrogen-bond acceptors (Lipinski definition) is 3. The lowest BCUT2D eigenvalue weighted by Crippen LogP contribution is -2.50. The van der Waals surface area contributed by atoms with Gasteiger partial charge in [0.15, 0.2) is 0 Å². The summed E-state index contributed by atoms with van der Waals surface area (Å²) >= 11 is 3.38. The lowest BCUT2D eigenvalue weighted by molar-refractivity contribution is -0.127. The van der Waals surface area contributed by atoms with Gasteiger partial charge >= 0.3 is 0 Å². The van der Waals surface area contributed by atoms with Gasteiger partial charge in [0.2, 0.25) is 15.9 Å². The van der Waals surface area contributed by atoms with Gasteiger partial charge in [0.25, 0.3) is 0 Å². The van der Waals surface area contributed by atoms with Crippen LogP contribution in [0.4, 0.5) is 0 Å². The fourth-order valence-electron chi connectivity index (χ4n) is 2.85. The van der Waals surface area contributed by atoms with E-state index in [-0.39, 0.29) is 5.91 Å². The summed E-state index contributed by atoms with van der Waals surface area (Å²) in [6.45, 7) is 3.29. The van der Waals surface area contributed by atoms with E-state index < -0.39 is 10.0 Å². The van der Waals surface area contributed by atoms with Crippen molar-refractivity contribution < 1.29 is 13.2 Å². The Bertz CT molecular complexity index is 930. The first-order valence-electron chi connectivity index (χ1n) is 8.66. The molecular formula is C20H21BrN2O3S. The minimum Gasteiger partial charge on any atom is -0.337 e. The molecule has 1 aliphatic rings. The highest BCUT2D eigenvalue weighted by atomic mass is 79.9. The Morgan fingerprint density at radius 3 is 2.15 bits per heavy atom. The topological polar surface area (TPSA) is 57.7 Å². The highest BCUT2D eigenvalue weighted by Gasteiger charge is 2.29. The number of nitrogens with zero attached hydrogens (tertiary/aromatic N) is 2. The predicted octanol–water partition coefficient (Wildman–Crippen LogP) is 3.30. The van der Waals surface area contributed by atoms with E-state index in [9.17, 15) is 13.2 Å².